The van der Waals surface area contributed by atoms with Crippen LogP contribution in [0.25, 0.3) is 0 Å². The van der Waals surface area contributed by atoms with E-state index in [1.165, 1.54) is 12.3 Å². The molecule has 2 N–H and O–H groups in total. The van der Waals surface area contributed by atoms with E-state index in [0.717, 1.165) is 38.4 Å². The van der Waals surface area contributed by atoms with Gasteiger partial charge in [-0.3, -0.25) is 14.6 Å². The number of aliphatic hydroxyl groups is 1. The molecular weight excluding hydrogens is 270 g/mol. The van der Waals surface area contributed by atoms with Gasteiger partial charge in [-0.05, 0) is 13.8 Å². The minimum Gasteiger partial charge on any atom is -0.503 e. The van der Waals surface area contributed by atoms with Gasteiger partial charge in [-0.2, -0.15) is 0 Å². The summed E-state index contributed by atoms with van der Waals surface area (Å²) >= 11 is 0. The highest BCUT2D eigenvalue weighted by Gasteiger charge is 2.18. The van der Waals surface area contributed by atoms with Crippen LogP contribution < -0.4 is 5.43 Å². The van der Waals surface area contributed by atoms with E-state index >= 15 is 0 Å². The van der Waals surface area contributed by atoms with Gasteiger partial charge in [-0.15, -0.1) is 0 Å². The summed E-state index contributed by atoms with van der Waals surface area (Å²) in [6.45, 7) is 9.42. The number of piperazine rings is 1. The molecule has 0 bridgehead atoms. The van der Waals surface area contributed by atoms with Gasteiger partial charge in [0, 0.05) is 57.1 Å². The Morgan fingerprint density at radius 1 is 1.19 bits per heavy atom. The molecule has 21 heavy (non-hydrogen) atoms. The summed E-state index contributed by atoms with van der Waals surface area (Å²) in [5.74, 6) is -0.194. The van der Waals surface area contributed by atoms with E-state index < -0.39 is 0 Å². The summed E-state index contributed by atoms with van der Waals surface area (Å²) in [6, 6.07) is 1.73. The monoisotopic (exact) mass is 295 g/mol. The molecule has 1 saturated heterocycles. The first kappa shape index (κ1) is 16.0. The van der Waals surface area contributed by atoms with Gasteiger partial charge in [0.05, 0.1) is 12.8 Å². The molecule has 1 aromatic rings. The van der Waals surface area contributed by atoms with Gasteiger partial charge in [-0.25, -0.2) is 0 Å². The van der Waals surface area contributed by atoms with Crippen molar-refractivity contribution in [3.05, 3.63) is 28.2 Å². The fraction of sp³-hybridized carbons (Fsp3) is 0.667. The smallest absolute Gasteiger partial charge is 0.223 e. The highest BCUT2D eigenvalue weighted by atomic mass is 16.3. The summed E-state index contributed by atoms with van der Waals surface area (Å²) in [6.07, 6.45) is 1.53. The standard InChI is InChI=1S/C15H25N3O3/c1-12(2)18-11-15(21)14(20)9-13(18)10-17-5-3-16(4-6-17)7-8-19/h9,11-12,19,21H,3-8,10H2,1-2H3. The van der Waals surface area contributed by atoms with Gasteiger partial charge in [0.25, 0.3) is 0 Å². The van der Waals surface area contributed by atoms with Crippen LogP contribution in [-0.2, 0) is 6.54 Å². The number of aromatic nitrogens is 1. The van der Waals surface area contributed by atoms with Gasteiger partial charge in [0.15, 0.2) is 5.75 Å². The predicted molar refractivity (Wildman–Crippen MR) is 81.6 cm³/mol. The number of β-amino-alcohol motifs (C(OH)–C–C–N with tert-alkyl or cyclic N) is 1. The molecule has 0 unspecified atom stereocenters. The number of nitrogens with zero attached hydrogens (tertiary/aromatic N) is 3. The molecule has 1 aliphatic rings. The summed E-state index contributed by atoms with van der Waals surface area (Å²) in [5.41, 5.74) is 0.615. The van der Waals surface area contributed by atoms with Crippen LogP contribution in [-0.4, -0.2) is 63.9 Å². The molecule has 1 aromatic heterocycles. The zero-order valence-electron chi connectivity index (χ0n) is 12.8. The zero-order valence-corrected chi connectivity index (χ0v) is 12.8. The summed E-state index contributed by atoms with van der Waals surface area (Å²) in [7, 11) is 0. The summed E-state index contributed by atoms with van der Waals surface area (Å²) in [5, 5.41) is 18.6. The molecule has 2 rings (SSSR count). The minimum atomic E-state index is -0.319. The maximum atomic E-state index is 11.7. The molecule has 0 radical (unpaired) electrons. The lowest BCUT2D eigenvalue weighted by molar-refractivity contribution is 0.106. The number of rotatable bonds is 5. The maximum absolute atomic E-state index is 11.7. The van der Waals surface area contributed by atoms with Crippen LogP contribution in [0, 0.1) is 0 Å². The average Bonchev–Trinajstić information content (AvgIpc) is 2.44. The van der Waals surface area contributed by atoms with Crippen molar-refractivity contribution in [2.24, 2.45) is 0 Å². The van der Waals surface area contributed by atoms with Gasteiger partial charge in [0.2, 0.25) is 5.43 Å². The lowest BCUT2D eigenvalue weighted by Gasteiger charge is -2.35. The van der Waals surface area contributed by atoms with Crippen LogP contribution in [0.1, 0.15) is 25.6 Å². The molecule has 0 aromatic carbocycles. The molecule has 1 fully saturated rings. The lowest BCUT2D eigenvalue weighted by atomic mass is 10.2. The van der Waals surface area contributed by atoms with Crippen LogP contribution in [0.4, 0.5) is 0 Å². The van der Waals surface area contributed by atoms with Crippen LogP contribution in [0.5, 0.6) is 5.75 Å². The molecule has 0 aliphatic carbocycles. The molecule has 6 nitrogen and oxygen atoms in total. The van der Waals surface area contributed by atoms with Crippen molar-refractivity contribution in [1.29, 1.82) is 0 Å². The van der Waals surface area contributed by atoms with Crippen molar-refractivity contribution in [2.45, 2.75) is 26.4 Å². The van der Waals surface area contributed by atoms with Crippen LogP contribution in [0.15, 0.2) is 17.1 Å². The van der Waals surface area contributed by atoms with Gasteiger partial charge in [-0.1, -0.05) is 0 Å². The average molecular weight is 295 g/mol. The maximum Gasteiger partial charge on any atom is 0.223 e. The Kier molecular flexibility index (Phi) is 5.39. The van der Waals surface area contributed by atoms with E-state index in [1.54, 1.807) is 0 Å². The second kappa shape index (κ2) is 7.06. The Morgan fingerprint density at radius 3 is 2.38 bits per heavy atom. The molecule has 118 valence electrons. The van der Waals surface area contributed by atoms with Crippen LogP contribution in [0.2, 0.25) is 0 Å². The van der Waals surface area contributed by atoms with Gasteiger partial charge < -0.3 is 14.8 Å². The molecule has 0 saturated carbocycles. The third-order valence-corrected chi connectivity index (χ3v) is 3.97. The number of hydrogen-bond donors (Lipinski definition) is 2. The molecule has 2 heterocycles. The first-order valence-corrected chi connectivity index (χ1v) is 7.51. The Balaban J connectivity index is 2.06. The third kappa shape index (κ3) is 4.06. The van der Waals surface area contributed by atoms with Gasteiger partial charge in [0.1, 0.15) is 0 Å². The molecule has 1 aliphatic heterocycles. The van der Waals surface area contributed by atoms with Crippen molar-refractivity contribution >= 4 is 0 Å². The van der Waals surface area contributed by atoms with E-state index in [0.29, 0.717) is 6.54 Å². The van der Waals surface area contributed by atoms with Crippen molar-refractivity contribution in [1.82, 2.24) is 14.4 Å². The number of pyridine rings is 1. The Morgan fingerprint density at radius 2 is 1.81 bits per heavy atom. The summed E-state index contributed by atoms with van der Waals surface area (Å²) in [4.78, 5) is 16.2. The van der Waals surface area contributed by atoms with Crippen molar-refractivity contribution in [3.63, 3.8) is 0 Å². The third-order valence-electron chi connectivity index (χ3n) is 3.97. The fourth-order valence-electron chi connectivity index (χ4n) is 2.73. The van der Waals surface area contributed by atoms with Crippen LogP contribution >= 0.6 is 0 Å². The second-order valence-electron chi connectivity index (χ2n) is 5.86. The van der Waals surface area contributed by atoms with Crippen molar-refractivity contribution in [3.8, 4) is 5.75 Å². The molecule has 0 spiro atoms. The number of hydrogen-bond acceptors (Lipinski definition) is 5. The fourth-order valence-corrected chi connectivity index (χ4v) is 2.73. The van der Waals surface area contributed by atoms with Gasteiger partial charge >= 0.3 is 0 Å². The Hall–Kier alpha value is -1.37. The highest BCUT2D eigenvalue weighted by Crippen LogP contribution is 2.15. The Bertz CT molecular complexity index is 519. The normalized spacial score (nSPS) is 17.5. The lowest BCUT2D eigenvalue weighted by Crippen LogP contribution is -2.47. The molecular formula is C15H25N3O3. The van der Waals surface area contributed by atoms with E-state index in [-0.39, 0.29) is 23.8 Å². The summed E-state index contributed by atoms with van der Waals surface area (Å²) < 4.78 is 1.96. The highest BCUT2D eigenvalue weighted by molar-refractivity contribution is 5.21. The van der Waals surface area contributed by atoms with E-state index in [4.69, 9.17) is 5.11 Å². The SMILES string of the molecule is CC(C)n1cc(O)c(=O)cc1CN1CCN(CCO)CC1. The molecule has 6 heteroatoms. The van der Waals surface area contributed by atoms with Crippen molar-refractivity contribution in [2.75, 3.05) is 39.3 Å². The Labute approximate surface area is 125 Å². The largest absolute Gasteiger partial charge is 0.503 e. The van der Waals surface area contributed by atoms with E-state index in [1.807, 2.05) is 18.4 Å². The quantitative estimate of drug-likeness (QED) is 0.815. The van der Waals surface area contributed by atoms with Crippen LogP contribution in [0.3, 0.4) is 0 Å². The topological polar surface area (TPSA) is 68.9 Å². The first-order valence-electron chi connectivity index (χ1n) is 7.51. The number of aliphatic hydroxyl groups excluding tert-OH is 1. The zero-order chi connectivity index (χ0) is 15.4. The first-order chi connectivity index (χ1) is 10.0. The molecule has 0 atom stereocenters. The second-order valence-corrected chi connectivity index (χ2v) is 5.86. The van der Waals surface area contributed by atoms with E-state index in [9.17, 15) is 9.90 Å². The van der Waals surface area contributed by atoms with Crippen molar-refractivity contribution < 1.29 is 10.2 Å². The van der Waals surface area contributed by atoms with E-state index in [2.05, 4.69) is 9.80 Å². The predicted octanol–water partition coefficient (Wildman–Crippen LogP) is 0.245. The minimum absolute atomic E-state index is 0.194. The molecule has 0 amide bonds. The number of aromatic hydroxyl groups is 1.